The van der Waals surface area contributed by atoms with Gasteiger partial charge in [-0.05, 0) is 11.4 Å². The Balaban J connectivity index is 1.61. The molecule has 0 fully saturated rings. The molecule has 0 unspecified atom stereocenters. The first-order valence-electron chi connectivity index (χ1n) is 6.08. The van der Waals surface area contributed by atoms with Crippen molar-refractivity contribution in [1.29, 1.82) is 0 Å². The van der Waals surface area contributed by atoms with Gasteiger partial charge in [0.05, 0.1) is 5.75 Å². The minimum atomic E-state index is -2.58. The monoisotopic (exact) mass is 327 g/mol. The molecule has 0 saturated carbocycles. The lowest BCUT2D eigenvalue weighted by Crippen LogP contribution is -2.02. The first kappa shape index (κ1) is 14.2. The van der Waals surface area contributed by atoms with E-state index < -0.39 is 6.55 Å². The van der Waals surface area contributed by atoms with Crippen molar-refractivity contribution in [2.75, 3.05) is 0 Å². The van der Waals surface area contributed by atoms with Gasteiger partial charge in [-0.1, -0.05) is 17.8 Å². The Labute approximate surface area is 127 Å². The van der Waals surface area contributed by atoms with Crippen molar-refractivity contribution < 1.29 is 8.78 Å². The lowest BCUT2D eigenvalue weighted by molar-refractivity contribution is 0.0678. The number of hydrogen-bond acceptors (Lipinski definition) is 5. The lowest BCUT2D eigenvalue weighted by atomic mass is 10.3. The van der Waals surface area contributed by atoms with Crippen LogP contribution in [0.25, 0.3) is 0 Å². The van der Waals surface area contributed by atoms with Gasteiger partial charge in [0.25, 0.3) is 0 Å². The van der Waals surface area contributed by atoms with E-state index in [9.17, 15) is 8.78 Å². The molecule has 21 heavy (non-hydrogen) atoms. The van der Waals surface area contributed by atoms with E-state index in [0.29, 0.717) is 23.2 Å². The van der Waals surface area contributed by atoms with Gasteiger partial charge < -0.3 is 0 Å². The minimum Gasteiger partial charge on any atom is -0.277 e. The number of nitrogens with one attached hydrogen (secondary N) is 1. The lowest BCUT2D eigenvalue weighted by Gasteiger charge is -2.04. The van der Waals surface area contributed by atoms with Crippen LogP contribution in [0.2, 0.25) is 0 Å². The fourth-order valence-corrected chi connectivity index (χ4v) is 3.24. The molecule has 0 aliphatic carbocycles. The molecular weight excluding hydrogens is 316 g/mol. The van der Waals surface area contributed by atoms with Crippen LogP contribution < -0.4 is 0 Å². The Bertz CT molecular complexity index is 692. The summed E-state index contributed by atoms with van der Waals surface area (Å²) in [5.74, 6) is 1.37. The van der Waals surface area contributed by atoms with Gasteiger partial charge in [0.2, 0.25) is 5.16 Å². The zero-order chi connectivity index (χ0) is 14.7. The van der Waals surface area contributed by atoms with Crippen LogP contribution in [-0.2, 0) is 12.2 Å². The van der Waals surface area contributed by atoms with Crippen molar-refractivity contribution in [3.05, 3.63) is 46.4 Å². The highest BCUT2D eigenvalue weighted by molar-refractivity contribution is 7.98. The summed E-state index contributed by atoms with van der Waals surface area (Å²) in [4.78, 5) is 9.45. The number of thiophene rings is 1. The number of halogens is 2. The van der Waals surface area contributed by atoms with Gasteiger partial charge in [0, 0.05) is 23.7 Å². The van der Waals surface area contributed by atoms with Crippen LogP contribution in [0.15, 0.2) is 35.1 Å². The van der Waals surface area contributed by atoms with Crippen LogP contribution in [0, 0.1) is 0 Å². The average molecular weight is 327 g/mol. The maximum Gasteiger partial charge on any atom is 0.319 e. The molecule has 0 aromatic carbocycles. The molecule has 0 atom stereocenters. The highest BCUT2D eigenvalue weighted by Crippen LogP contribution is 2.22. The number of nitrogens with zero attached hydrogens (tertiary/aromatic N) is 4. The first-order valence-corrected chi connectivity index (χ1v) is 7.95. The second-order valence-corrected chi connectivity index (χ2v) is 6.11. The predicted octanol–water partition coefficient (Wildman–Crippen LogP) is 3.34. The summed E-state index contributed by atoms with van der Waals surface area (Å²) in [5, 5.41) is 9.48. The van der Waals surface area contributed by atoms with Crippen molar-refractivity contribution in [1.82, 2.24) is 24.7 Å². The van der Waals surface area contributed by atoms with Gasteiger partial charge in [-0.2, -0.15) is 8.78 Å². The molecule has 3 heterocycles. The summed E-state index contributed by atoms with van der Waals surface area (Å²) >= 11 is 2.93. The molecule has 9 heteroatoms. The SMILES string of the molecule is FC(F)n1ccnc1CSc1n[nH]c(Cc2cccs2)n1. The molecule has 0 aliphatic heterocycles. The van der Waals surface area contributed by atoms with Gasteiger partial charge in [-0.3, -0.25) is 9.67 Å². The van der Waals surface area contributed by atoms with Crippen molar-refractivity contribution in [3.63, 3.8) is 0 Å². The smallest absolute Gasteiger partial charge is 0.277 e. The zero-order valence-electron chi connectivity index (χ0n) is 10.7. The number of alkyl halides is 2. The molecule has 3 rings (SSSR count). The highest BCUT2D eigenvalue weighted by atomic mass is 32.2. The second-order valence-electron chi connectivity index (χ2n) is 4.14. The van der Waals surface area contributed by atoms with Crippen LogP contribution >= 0.6 is 23.1 Å². The molecule has 1 N–H and O–H groups in total. The van der Waals surface area contributed by atoms with Gasteiger partial charge in [-0.25, -0.2) is 9.97 Å². The van der Waals surface area contributed by atoms with Crippen LogP contribution in [0.3, 0.4) is 0 Å². The maximum absolute atomic E-state index is 12.7. The number of hydrogen-bond donors (Lipinski definition) is 1. The number of aromatic nitrogens is 5. The number of rotatable bonds is 6. The van der Waals surface area contributed by atoms with Crippen molar-refractivity contribution in [2.24, 2.45) is 0 Å². The molecule has 0 radical (unpaired) electrons. The van der Waals surface area contributed by atoms with Crippen LogP contribution in [0.5, 0.6) is 0 Å². The summed E-state index contributed by atoms with van der Waals surface area (Å²) < 4.78 is 26.2. The molecular formula is C12H11F2N5S2. The predicted molar refractivity (Wildman–Crippen MR) is 76.5 cm³/mol. The Morgan fingerprint density at radius 1 is 1.43 bits per heavy atom. The molecule has 3 aromatic heterocycles. The van der Waals surface area contributed by atoms with E-state index in [4.69, 9.17) is 0 Å². The van der Waals surface area contributed by atoms with Crippen LogP contribution in [-0.4, -0.2) is 24.7 Å². The Kier molecular flexibility index (Phi) is 4.30. The van der Waals surface area contributed by atoms with Gasteiger partial charge in [0.15, 0.2) is 0 Å². The Morgan fingerprint density at radius 2 is 2.33 bits per heavy atom. The molecule has 0 amide bonds. The largest absolute Gasteiger partial charge is 0.319 e. The third-order valence-corrected chi connectivity index (χ3v) is 4.44. The van der Waals surface area contributed by atoms with Gasteiger partial charge in [-0.15, -0.1) is 16.4 Å². The fraction of sp³-hybridized carbons (Fsp3) is 0.250. The fourth-order valence-electron chi connectivity index (χ4n) is 1.76. The number of imidazole rings is 1. The molecule has 0 bridgehead atoms. The average Bonchev–Trinajstić information content (AvgIpc) is 3.18. The maximum atomic E-state index is 12.7. The molecule has 0 aliphatic rings. The topological polar surface area (TPSA) is 59.4 Å². The van der Waals surface area contributed by atoms with Crippen LogP contribution in [0.4, 0.5) is 8.78 Å². The van der Waals surface area contributed by atoms with E-state index in [-0.39, 0.29) is 0 Å². The molecule has 5 nitrogen and oxygen atoms in total. The quantitative estimate of drug-likeness (QED) is 0.706. The molecule has 0 saturated heterocycles. The third kappa shape index (κ3) is 3.48. The normalized spacial score (nSPS) is 11.4. The molecule has 110 valence electrons. The second kappa shape index (κ2) is 6.35. The third-order valence-electron chi connectivity index (χ3n) is 2.72. The van der Waals surface area contributed by atoms with E-state index in [1.165, 1.54) is 29.0 Å². The van der Waals surface area contributed by atoms with E-state index in [1.54, 1.807) is 11.3 Å². The van der Waals surface area contributed by atoms with Crippen molar-refractivity contribution in [2.45, 2.75) is 23.9 Å². The Hall–Kier alpha value is -1.74. The number of thioether (sulfide) groups is 1. The van der Waals surface area contributed by atoms with E-state index >= 15 is 0 Å². The van der Waals surface area contributed by atoms with E-state index in [2.05, 4.69) is 20.2 Å². The van der Waals surface area contributed by atoms with E-state index in [1.807, 2.05) is 17.5 Å². The van der Waals surface area contributed by atoms with Crippen LogP contribution in [0.1, 0.15) is 23.1 Å². The summed E-state index contributed by atoms with van der Waals surface area (Å²) in [6, 6.07) is 4.01. The molecule has 3 aromatic rings. The van der Waals surface area contributed by atoms with E-state index in [0.717, 1.165) is 10.4 Å². The summed E-state index contributed by atoms with van der Waals surface area (Å²) in [6.45, 7) is -2.58. The number of aromatic amines is 1. The zero-order valence-corrected chi connectivity index (χ0v) is 12.4. The summed E-state index contributed by atoms with van der Waals surface area (Å²) in [7, 11) is 0. The van der Waals surface area contributed by atoms with Crippen molar-refractivity contribution >= 4 is 23.1 Å². The standard InChI is InChI=1S/C12H11F2N5S2/c13-11(14)19-4-3-15-10(19)7-21-12-16-9(17-18-12)6-8-2-1-5-20-8/h1-5,11H,6-7H2,(H,16,17,18). The summed E-state index contributed by atoms with van der Waals surface area (Å²) in [5.41, 5.74) is 0. The highest BCUT2D eigenvalue weighted by Gasteiger charge is 2.13. The van der Waals surface area contributed by atoms with Crippen molar-refractivity contribution in [3.8, 4) is 0 Å². The Morgan fingerprint density at radius 3 is 3.10 bits per heavy atom. The van der Waals surface area contributed by atoms with Gasteiger partial charge >= 0.3 is 6.55 Å². The molecule has 0 spiro atoms. The van der Waals surface area contributed by atoms with Gasteiger partial charge in [0.1, 0.15) is 11.6 Å². The summed E-state index contributed by atoms with van der Waals surface area (Å²) in [6.07, 6.45) is 3.32. The minimum absolute atomic E-state index is 0.299. The number of H-pyrrole nitrogens is 1. The first-order chi connectivity index (χ1) is 10.2.